The Labute approximate surface area is 167 Å². The number of H-pyrrole nitrogens is 1. The summed E-state index contributed by atoms with van der Waals surface area (Å²) in [5.41, 5.74) is 3.54. The van der Waals surface area contributed by atoms with Crippen molar-refractivity contribution in [1.29, 1.82) is 0 Å². The van der Waals surface area contributed by atoms with Crippen LogP contribution in [0.1, 0.15) is 6.92 Å². The number of ether oxygens (including phenoxy) is 1. The summed E-state index contributed by atoms with van der Waals surface area (Å²) in [7, 11) is 0. The number of anilines is 1. The van der Waals surface area contributed by atoms with Gasteiger partial charge in [-0.25, -0.2) is 4.98 Å². The molecule has 1 heterocycles. The highest BCUT2D eigenvalue weighted by molar-refractivity contribution is 6.30. The lowest BCUT2D eigenvalue weighted by Gasteiger charge is -2.15. The highest BCUT2D eigenvalue weighted by Gasteiger charge is 2.15. The molecular formula is C22H18ClN3O2. The molecule has 6 heteroatoms. The first-order valence-corrected chi connectivity index (χ1v) is 9.24. The lowest BCUT2D eigenvalue weighted by molar-refractivity contribution is -0.122. The number of carbonyl (C=O) groups excluding carboxylic acids is 1. The van der Waals surface area contributed by atoms with Gasteiger partial charge in [0.1, 0.15) is 11.6 Å². The molecule has 1 amide bonds. The van der Waals surface area contributed by atoms with Gasteiger partial charge >= 0.3 is 0 Å². The maximum absolute atomic E-state index is 12.4. The maximum atomic E-state index is 12.4. The van der Waals surface area contributed by atoms with Gasteiger partial charge < -0.3 is 15.0 Å². The molecule has 28 heavy (non-hydrogen) atoms. The molecule has 1 aromatic heterocycles. The van der Waals surface area contributed by atoms with Gasteiger partial charge in [-0.3, -0.25) is 4.79 Å². The van der Waals surface area contributed by atoms with Crippen LogP contribution in [0.15, 0.2) is 72.8 Å². The number of amides is 1. The monoisotopic (exact) mass is 391 g/mol. The van der Waals surface area contributed by atoms with Crippen molar-refractivity contribution >= 4 is 34.2 Å². The van der Waals surface area contributed by atoms with Gasteiger partial charge in [0, 0.05) is 16.3 Å². The second kappa shape index (κ2) is 7.74. The SMILES string of the molecule is CC(Oc1ccc(Cl)cc1)C(=O)Nc1ccc(-c2nc3ccccc3[nH]2)cc1. The van der Waals surface area contributed by atoms with Gasteiger partial charge in [-0.15, -0.1) is 0 Å². The van der Waals surface area contributed by atoms with Crippen LogP contribution < -0.4 is 10.1 Å². The standard InChI is InChI=1S/C22H18ClN3O2/c1-14(28-18-12-8-16(23)9-13-18)22(27)24-17-10-6-15(7-11-17)21-25-19-4-2-3-5-20(19)26-21/h2-14H,1H3,(H,24,27)(H,25,26). The van der Waals surface area contributed by atoms with E-state index in [1.54, 1.807) is 31.2 Å². The van der Waals surface area contributed by atoms with E-state index in [0.717, 1.165) is 22.4 Å². The summed E-state index contributed by atoms with van der Waals surface area (Å²) >= 11 is 5.86. The molecule has 0 aliphatic rings. The van der Waals surface area contributed by atoms with E-state index in [2.05, 4.69) is 15.3 Å². The van der Waals surface area contributed by atoms with E-state index in [9.17, 15) is 4.79 Å². The Morgan fingerprint density at radius 2 is 1.75 bits per heavy atom. The van der Waals surface area contributed by atoms with Crippen LogP contribution >= 0.6 is 11.6 Å². The molecule has 0 aliphatic heterocycles. The third-order valence-corrected chi connectivity index (χ3v) is 4.56. The lowest BCUT2D eigenvalue weighted by Crippen LogP contribution is -2.30. The van der Waals surface area contributed by atoms with Crippen LogP contribution in [0.4, 0.5) is 5.69 Å². The average Bonchev–Trinajstić information content (AvgIpc) is 3.14. The van der Waals surface area contributed by atoms with Crippen molar-refractivity contribution in [3.8, 4) is 17.1 Å². The van der Waals surface area contributed by atoms with Crippen LogP contribution in [0.25, 0.3) is 22.4 Å². The van der Waals surface area contributed by atoms with E-state index in [1.807, 2.05) is 48.5 Å². The number of para-hydroxylation sites is 2. The quantitative estimate of drug-likeness (QED) is 0.485. The van der Waals surface area contributed by atoms with Crippen molar-refractivity contribution in [1.82, 2.24) is 9.97 Å². The molecule has 0 spiro atoms. The molecule has 0 saturated carbocycles. The van der Waals surface area contributed by atoms with Crippen molar-refractivity contribution < 1.29 is 9.53 Å². The van der Waals surface area contributed by atoms with Gasteiger partial charge in [0.25, 0.3) is 5.91 Å². The first-order valence-electron chi connectivity index (χ1n) is 8.87. The minimum Gasteiger partial charge on any atom is -0.481 e. The summed E-state index contributed by atoms with van der Waals surface area (Å²) < 4.78 is 5.64. The molecule has 4 rings (SSSR count). The van der Waals surface area contributed by atoms with Gasteiger partial charge in [0.2, 0.25) is 0 Å². The minimum atomic E-state index is -0.642. The molecule has 0 bridgehead atoms. The van der Waals surface area contributed by atoms with E-state index in [-0.39, 0.29) is 5.91 Å². The van der Waals surface area contributed by atoms with Crippen molar-refractivity contribution in [3.63, 3.8) is 0 Å². The lowest BCUT2D eigenvalue weighted by atomic mass is 10.2. The number of imidazole rings is 1. The molecular weight excluding hydrogens is 374 g/mol. The smallest absolute Gasteiger partial charge is 0.265 e. The van der Waals surface area contributed by atoms with Crippen LogP contribution in [0.5, 0.6) is 5.75 Å². The van der Waals surface area contributed by atoms with E-state index in [0.29, 0.717) is 16.5 Å². The fourth-order valence-electron chi connectivity index (χ4n) is 2.82. The fourth-order valence-corrected chi connectivity index (χ4v) is 2.94. The number of benzene rings is 3. The van der Waals surface area contributed by atoms with Crippen LogP contribution in [0.3, 0.4) is 0 Å². The van der Waals surface area contributed by atoms with E-state index >= 15 is 0 Å². The number of nitrogens with one attached hydrogen (secondary N) is 2. The Hall–Kier alpha value is -3.31. The number of nitrogens with zero attached hydrogens (tertiary/aromatic N) is 1. The zero-order valence-electron chi connectivity index (χ0n) is 15.1. The number of aromatic nitrogens is 2. The number of fused-ring (bicyclic) bond motifs is 1. The van der Waals surface area contributed by atoms with Crippen molar-refractivity contribution in [3.05, 3.63) is 77.8 Å². The second-order valence-corrected chi connectivity index (χ2v) is 6.82. The molecule has 0 saturated heterocycles. The third kappa shape index (κ3) is 4.00. The zero-order chi connectivity index (χ0) is 19.5. The first kappa shape index (κ1) is 18.1. The van der Waals surface area contributed by atoms with Gasteiger partial charge in [-0.2, -0.15) is 0 Å². The predicted molar refractivity (Wildman–Crippen MR) is 112 cm³/mol. The predicted octanol–water partition coefficient (Wildman–Crippen LogP) is 5.29. The highest BCUT2D eigenvalue weighted by Crippen LogP contribution is 2.22. The highest BCUT2D eigenvalue weighted by atomic mass is 35.5. The number of rotatable bonds is 5. The fraction of sp³-hybridized carbons (Fsp3) is 0.0909. The number of carbonyl (C=O) groups is 1. The summed E-state index contributed by atoms with van der Waals surface area (Å²) in [6.07, 6.45) is -0.642. The van der Waals surface area contributed by atoms with Gasteiger partial charge in [-0.05, 0) is 67.6 Å². The molecule has 0 fully saturated rings. The molecule has 0 aliphatic carbocycles. The summed E-state index contributed by atoms with van der Waals surface area (Å²) in [5.74, 6) is 1.15. The first-order chi connectivity index (χ1) is 13.6. The van der Waals surface area contributed by atoms with Crippen molar-refractivity contribution in [2.45, 2.75) is 13.0 Å². The van der Waals surface area contributed by atoms with Crippen LogP contribution in [0.2, 0.25) is 5.02 Å². The van der Waals surface area contributed by atoms with Crippen LogP contribution in [-0.2, 0) is 4.79 Å². The van der Waals surface area contributed by atoms with Crippen molar-refractivity contribution in [2.24, 2.45) is 0 Å². The number of hydrogen-bond acceptors (Lipinski definition) is 3. The molecule has 4 aromatic rings. The average molecular weight is 392 g/mol. The number of aromatic amines is 1. The molecule has 1 unspecified atom stereocenters. The molecule has 140 valence electrons. The Balaban J connectivity index is 1.42. The molecule has 1 atom stereocenters. The Morgan fingerprint density at radius 1 is 1.04 bits per heavy atom. The summed E-state index contributed by atoms with van der Waals surface area (Å²) in [6.45, 7) is 1.70. The molecule has 0 radical (unpaired) electrons. The molecule has 2 N–H and O–H groups in total. The zero-order valence-corrected chi connectivity index (χ0v) is 15.9. The molecule has 5 nitrogen and oxygen atoms in total. The van der Waals surface area contributed by atoms with Crippen LogP contribution in [0, 0.1) is 0 Å². The summed E-state index contributed by atoms with van der Waals surface area (Å²) in [5, 5.41) is 3.48. The number of halogens is 1. The van der Waals surface area contributed by atoms with Crippen LogP contribution in [-0.4, -0.2) is 22.0 Å². The minimum absolute atomic E-state index is 0.230. The van der Waals surface area contributed by atoms with Gasteiger partial charge in [0.05, 0.1) is 11.0 Å². The van der Waals surface area contributed by atoms with Crippen molar-refractivity contribution in [2.75, 3.05) is 5.32 Å². The second-order valence-electron chi connectivity index (χ2n) is 6.38. The van der Waals surface area contributed by atoms with Gasteiger partial charge in [-0.1, -0.05) is 23.7 Å². The largest absolute Gasteiger partial charge is 0.481 e. The Morgan fingerprint density at radius 3 is 2.46 bits per heavy atom. The van der Waals surface area contributed by atoms with Gasteiger partial charge in [0.15, 0.2) is 6.10 Å². The summed E-state index contributed by atoms with van der Waals surface area (Å²) in [6, 6.07) is 22.3. The number of hydrogen-bond donors (Lipinski definition) is 2. The topological polar surface area (TPSA) is 67.0 Å². The van der Waals surface area contributed by atoms with E-state index in [4.69, 9.17) is 16.3 Å². The Kier molecular flexibility index (Phi) is 5.00. The normalized spacial score (nSPS) is 11.9. The van der Waals surface area contributed by atoms with E-state index in [1.165, 1.54) is 0 Å². The molecule has 3 aromatic carbocycles. The third-order valence-electron chi connectivity index (χ3n) is 4.31. The maximum Gasteiger partial charge on any atom is 0.265 e. The Bertz CT molecular complexity index is 1070. The van der Waals surface area contributed by atoms with E-state index < -0.39 is 6.10 Å². The summed E-state index contributed by atoms with van der Waals surface area (Å²) in [4.78, 5) is 20.3.